The van der Waals surface area contributed by atoms with Gasteiger partial charge in [-0.3, -0.25) is 0 Å². The average Bonchev–Trinajstić information content (AvgIpc) is 3.92. The molecule has 0 radical (unpaired) electrons. The largest absolute Gasteiger partial charge is 0.309 e. The fraction of sp³-hybridized carbons (Fsp3) is 0. The Balaban J connectivity index is 1.12. The van der Waals surface area contributed by atoms with Crippen molar-refractivity contribution in [2.75, 3.05) is 0 Å². The van der Waals surface area contributed by atoms with Crippen LogP contribution in [0.25, 0.3) is 97.8 Å². The van der Waals surface area contributed by atoms with Crippen molar-refractivity contribution in [3.8, 4) is 44.9 Å². The number of para-hydroxylation sites is 2. The summed E-state index contributed by atoms with van der Waals surface area (Å²) in [6.07, 6.45) is 0. The van der Waals surface area contributed by atoms with Gasteiger partial charge >= 0.3 is 0 Å². The molecule has 0 fully saturated rings. The van der Waals surface area contributed by atoms with Gasteiger partial charge in [0.2, 0.25) is 0 Å². The molecular weight excluding hydrogens is 661 g/mol. The third-order valence-electron chi connectivity index (χ3n) is 10.7. The Bertz CT molecular complexity index is 3130. The summed E-state index contributed by atoms with van der Waals surface area (Å²) in [7, 11) is 0. The van der Waals surface area contributed by atoms with Crippen LogP contribution >= 0.6 is 11.3 Å². The average molecular weight is 693 g/mol. The van der Waals surface area contributed by atoms with Crippen LogP contribution in [0.1, 0.15) is 0 Å². The second-order valence-corrected chi connectivity index (χ2v) is 14.7. The van der Waals surface area contributed by atoms with Crippen molar-refractivity contribution in [1.82, 2.24) is 9.13 Å². The lowest BCUT2D eigenvalue weighted by molar-refractivity contribution is 1.13. The lowest BCUT2D eigenvalue weighted by Gasteiger charge is -2.12. The van der Waals surface area contributed by atoms with Crippen LogP contribution in [0.3, 0.4) is 0 Å². The molecule has 0 atom stereocenters. The molecule has 0 aliphatic heterocycles. The highest BCUT2D eigenvalue weighted by Crippen LogP contribution is 2.45. The summed E-state index contributed by atoms with van der Waals surface area (Å²) in [6.45, 7) is 0. The molecule has 0 amide bonds. The first kappa shape index (κ1) is 30.0. The van der Waals surface area contributed by atoms with E-state index in [1.807, 2.05) is 11.3 Å². The van der Waals surface area contributed by atoms with Crippen LogP contribution < -0.4 is 0 Å². The molecule has 0 saturated carbocycles. The highest BCUT2D eigenvalue weighted by atomic mass is 32.1. The third kappa shape index (κ3) is 4.64. The molecule has 0 spiro atoms. The summed E-state index contributed by atoms with van der Waals surface area (Å²) in [5, 5.41) is 6.37. The molecule has 0 aliphatic carbocycles. The van der Waals surface area contributed by atoms with Crippen molar-refractivity contribution in [1.29, 1.82) is 0 Å². The molecular formula is C50H32N2S. The van der Waals surface area contributed by atoms with E-state index in [0.717, 1.165) is 11.4 Å². The molecule has 11 rings (SSSR count). The van der Waals surface area contributed by atoms with E-state index in [1.165, 1.54) is 86.4 Å². The number of aromatic nitrogens is 2. The summed E-state index contributed by atoms with van der Waals surface area (Å²) < 4.78 is 7.54. The van der Waals surface area contributed by atoms with Gasteiger partial charge in [0.15, 0.2) is 0 Å². The van der Waals surface area contributed by atoms with Gasteiger partial charge < -0.3 is 9.13 Å². The Morgan fingerprint density at radius 1 is 0.321 bits per heavy atom. The molecule has 0 N–H and O–H groups in total. The minimum atomic E-state index is 1.15. The van der Waals surface area contributed by atoms with Gasteiger partial charge in [-0.1, -0.05) is 152 Å². The number of fused-ring (bicyclic) bond motifs is 8. The monoisotopic (exact) mass is 692 g/mol. The summed E-state index contributed by atoms with van der Waals surface area (Å²) in [5.41, 5.74) is 13.3. The molecule has 3 heterocycles. The number of rotatable bonds is 5. The van der Waals surface area contributed by atoms with Gasteiger partial charge in [0, 0.05) is 47.7 Å². The van der Waals surface area contributed by atoms with Crippen LogP contribution in [0.5, 0.6) is 0 Å². The van der Waals surface area contributed by atoms with Gasteiger partial charge in [-0.2, -0.15) is 0 Å². The topological polar surface area (TPSA) is 9.86 Å². The lowest BCUT2D eigenvalue weighted by atomic mass is 10.00. The summed E-state index contributed by atoms with van der Waals surface area (Å²) in [6, 6.07) is 70.7. The van der Waals surface area contributed by atoms with Crippen molar-refractivity contribution in [2.45, 2.75) is 0 Å². The van der Waals surface area contributed by atoms with Crippen molar-refractivity contribution in [3.63, 3.8) is 0 Å². The molecule has 0 saturated heterocycles. The molecule has 8 aromatic carbocycles. The van der Waals surface area contributed by atoms with E-state index in [9.17, 15) is 0 Å². The van der Waals surface area contributed by atoms with Crippen molar-refractivity contribution >= 4 is 64.2 Å². The predicted molar refractivity (Wildman–Crippen MR) is 227 cm³/mol. The van der Waals surface area contributed by atoms with E-state index in [4.69, 9.17) is 0 Å². The maximum atomic E-state index is 2.47. The Labute approximate surface area is 311 Å². The van der Waals surface area contributed by atoms with Gasteiger partial charge in [0.1, 0.15) is 0 Å². The zero-order chi connectivity index (χ0) is 34.9. The van der Waals surface area contributed by atoms with Crippen LogP contribution in [0.15, 0.2) is 194 Å². The molecule has 53 heavy (non-hydrogen) atoms. The van der Waals surface area contributed by atoms with Crippen LogP contribution in [0.2, 0.25) is 0 Å². The fourth-order valence-electron chi connectivity index (χ4n) is 8.37. The van der Waals surface area contributed by atoms with Crippen molar-refractivity contribution < 1.29 is 0 Å². The quantitative estimate of drug-likeness (QED) is 0.170. The van der Waals surface area contributed by atoms with Gasteiger partial charge in [-0.25, -0.2) is 0 Å². The first-order valence-corrected chi connectivity index (χ1v) is 18.9. The van der Waals surface area contributed by atoms with E-state index in [0.29, 0.717) is 0 Å². The van der Waals surface area contributed by atoms with Gasteiger partial charge in [-0.15, -0.1) is 11.3 Å². The van der Waals surface area contributed by atoms with Crippen molar-refractivity contribution in [3.05, 3.63) is 194 Å². The van der Waals surface area contributed by atoms with Crippen LogP contribution in [0, 0.1) is 0 Å². The Kier molecular flexibility index (Phi) is 6.76. The molecule has 2 nitrogen and oxygen atoms in total. The summed E-state index contributed by atoms with van der Waals surface area (Å²) in [5.74, 6) is 0. The zero-order valence-electron chi connectivity index (χ0n) is 28.8. The van der Waals surface area contributed by atoms with E-state index < -0.39 is 0 Å². The standard InChI is InChI=1S/C50H32N2S/c1-4-14-33(15-5-1)38-21-12-23-42-43-24-13-22-39(50(43)53-49(38)42)34-26-28-37(29-27-34)52-45-25-11-10-20-40(45)41-30-31-46-44(48(41)52)32-47(35-16-6-2-7-17-35)51(46)36-18-8-3-9-19-36/h1-32H. The normalized spacial score (nSPS) is 11.8. The van der Waals surface area contributed by atoms with Crippen LogP contribution in [0.4, 0.5) is 0 Å². The molecule has 11 aromatic rings. The maximum Gasteiger partial charge on any atom is 0.0635 e. The van der Waals surface area contributed by atoms with E-state index in [2.05, 4.69) is 203 Å². The summed E-state index contributed by atoms with van der Waals surface area (Å²) >= 11 is 1.90. The van der Waals surface area contributed by atoms with Gasteiger partial charge in [-0.05, 0) is 70.3 Å². The summed E-state index contributed by atoms with van der Waals surface area (Å²) in [4.78, 5) is 0. The number of nitrogens with zero attached hydrogens (tertiary/aromatic N) is 2. The van der Waals surface area contributed by atoms with Gasteiger partial charge in [0.25, 0.3) is 0 Å². The number of thiophene rings is 1. The SMILES string of the molecule is c1ccc(-c2cccc3c2sc2c(-c4ccc(-n5c6ccccc6c6ccc7c(cc(-c8ccccc8)n7-c7ccccc7)c65)cc4)cccc23)cc1. The smallest absolute Gasteiger partial charge is 0.0635 e. The molecule has 248 valence electrons. The molecule has 0 aliphatic rings. The van der Waals surface area contributed by atoms with Crippen LogP contribution in [-0.4, -0.2) is 9.13 Å². The number of hydrogen-bond acceptors (Lipinski definition) is 1. The first-order chi connectivity index (χ1) is 26.3. The molecule has 3 heteroatoms. The number of hydrogen-bond donors (Lipinski definition) is 0. The first-order valence-electron chi connectivity index (χ1n) is 18.1. The highest BCUT2D eigenvalue weighted by Gasteiger charge is 2.20. The van der Waals surface area contributed by atoms with Crippen molar-refractivity contribution in [2.24, 2.45) is 0 Å². The maximum absolute atomic E-state index is 2.47. The minimum absolute atomic E-state index is 1.15. The predicted octanol–water partition coefficient (Wildman–Crippen LogP) is 14.1. The molecule has 0 bridgehead atoms. The highest BCUT2D eigenvalue weighted by molar-refractivity contribution is 7.26. The van der Waals surface area contributed by atoms with Crippen LogP contribution in [-0.2, 0) is 0 Å². The Hall–Kier alpha value is -6.68. The van der Waals surface area contributed by atoms with Gasteiger partial charge in [0.05, 0.1) is 22.2 Å². The molecule has 3 aromatic heterocycles. The number of benzene rings is 8. The van der Waals surface area contributed by atoms with E-state index in [-0.39, 0.29) is 0 Å². The van der Waals surface area contributed by atoms with E-state index in [1.54, 1.807) is 0 Å². The Morgan fingerprint density at radius 2 is 0.849 bits per heavy atom. The Morgan fingerprint density at radius 3 is 1.53 bits per heavy atom. The zero-order valence-corrected chi connectivity index (χ0v) is 29.6. The molecule has 0 unspecified atom stereocenters. The second kappa shape index (κ2) is 11.9. The minimum Gasteiger partial charge on any atom is -0.309 e. The lowest BCUT2D eigenvalue weighted by Crippen LogP contribution is -1.97. The van der Waals surface area contributed by atoms with E-state index >= 15 is 0 Å². The third-order valence-corrected chi connectivity index (χ3v) is 12.0. The fourth-order valence-corrected chi connectivity index (χ4v) is 9.74. The second-order valence-electron chi connectivity index (χ2n) is 13.7.